The van der Waals surface area contributed by atoms with E-state index in [0.717, 1.165) is 43.5 Å². The van der Waals surface area contributed by atoms with E-state index >= 15 is 0 Å². The number of rotatable bonds is 4. The van der Waals surface area contributed by atoms with Gasteiger partial charge < -0.3 is 0 Å². The minimum atomic E-state index is 0.108. The molecule has 0 radical (unpaired) electrons. The van der Waals surface area contributed by atoms with Crippen molar-refractivity contribution in [3.05, 3.63) is 70.1 Å². The lowest BCUT2D eigenvalue weighted by Gasteiger charge is -2.28. The van der Waals surface area contributed by atoms with Crippen molar-refractivity contribution >= 4 is 11.0 Å². The number of benzene rings is 2. The quantitative estimate of drug-likeness (QED) is 0.738. The van der Waals surface area contributed by atoms with Gasteiger partial charge in [0.1, 0.15) is 0 Å². The van der Waals surface area contributed by atoms with Crippen LogP contribution in [0.5, 0.6) is 0 Å². The number of fused-ring (bicyclic) bond motifs is 2. The van der Waals surface area contributed by atoms with Gasteiger partial charge in [-0.3, -0.25) is 14.0 Å². The molecule has 0 N–H and O–H groups in total. The monoisotopic (exact) mass is 321 g/mol. The summed E-state index contributed by atoms with van der Waals surface area (Å²) in [6, 6.07) is 16.8. The van der Waals surface area contributed by atoms with Crippen LogP contribution >= 0.6 is 0 Å². The van der Waals surface area contributed by atoms with Gasteiger partial charge in [-0.25, -0.2) is 4.79 Å². The van der Waals surface area contributed by atoms with Gasteiger partial charge in [0, 0.05) is 19.6 Å². The Morgan fingerprint density at radius 1 is 0.917 bits per heavy atom. The van der Waals surface area contributed by atoms with Crippen molar-refractivity contribution in [1.82, 2.24) is 14.0 Å². The van der Waals surface area contributed by atoms with Gasteiger partial charge in [0.05, 0.1) is 17.7 Å². The van der Waals surface area contributed by atoms with Crippen LogP contribution in [0.3, 0.4) is 0 Å². The summed E-state index contributed by atoms with van der Waals surface area (Å²) < 4.78 is 3.84. The van der Waals surface area contributed by atoms with Crippen LogP contribution in [0.1, 0.15) is 24.5 Å². The minimum Gasteiger partial charge on any atom is -0.292 e. The topological polar surface area (TPSA) is 30.2 Å². The SMILES string of the molecule is CCCn1c(=O)n(CN2CCc3ccccc3C2)c2ccccc21. The molecule has 0 bridgehead atoms. The van der Waals surface area contributed by atoms with E-state index in [1.807, 2.05) is 27.3 Å². The molecule has 4 nitrogen and oxygen atoms in total. The first-order chi connectivity index (χ1) is 11.8. The average molecular weight is 321 g/mol. The number of hydrogen-bond acceptors (Lipinski definition) is 2. The second kappa shape index (κ2) is 6.29. The lowest BCUT2D eigenvalue weighted by Crippen LogP contribution is -2.36. The Kier molecular flexibility index (Phi) is 3.98. The molecule has 0 unspecified atom stereocenters. The highest BCUT2D eigenvalue weighted by molar-refractivity contribution is 5.75. The maximum absolute atomic E-state index is 12.9. The highest BCUT2D eigenvalue weighted by Gasteiger charge is 2.19. The first-order valence-corrected chi connectivity index (χ1v) is 8.75. The summed E-state index contributed by atoms with van der Waals surface area (Å²) in [6.45, 7) is 5.45. The lowest BCUT2D eigenvalue weighted by molar-refractivity contribution is 0.199. The molecule has 1 aliphatic rings. The second-order valence-electron chi connectivity index (χ2n) is 6.56. The molecule has 24 heavy (non-hydrogen) atoms. The summed E-state index contributed by atoms with van der Waals surface area (Å²) in [5.74, 6) is 0. The predicted molar refractivity (Wildman–Crippen MR) is 97.0 cm³/mol. The van der Waals surface area contributed by atoms with Gasteiger partial charge >= 0.3 is 5.69 Å². The number of aromatic nitrogens is 2. The predicted octanol–water partition coefficient (Wildman–Crippen LogP) is 3.23. The number of aryl methyl sites for hydroxylation is 1. The van der Waals surface area contributed by atoms with E-state index in [2.05, 4.69) is 42.2 Å². The highest BCUT2D eigenvalue weighted by atomic mass is 16.1. The zero-order chi connectivity index (χ0) is 16.5. The molecule has 0 amide bonds. The second-order valence-corrected chi connectivity index (χ2v) is 6.56. The molecule has 0 fully saturated rings. The third-order valence-corrected chi connectivity index (χ3v) is 4.92. The molecular weight excluding hydrogens is 298 g/mol. The minimum absolute atomic E-state index is 0.108. The Morgan fingerprint density at radius 2 is 1.58 bits per heavy atom. The number of para-hydroxylation sites is 2. The zero-order valence-electron chi connectivity index (χ0n) is 14.1. The van der Waals surface area contributed by atoms with Gasteiger partial charge in [0.2, 0.25) is 0 Å². The van der Waals surface area contributed by atoms with Crippen molar-refractivity contribution in [1.29, 1.82) is 0 Å². The summed E-state index contributed by atoms with van der Waals surface area (Å²) in [6.07, 6.45) is 2.02. The molecule has 0 saturated heterocycles. The largest absolute Gasteiger partial charge is 0.330 e. The molecule has 124 valence electrons. The molecule has 4 heteroatoms. The summed E-state index contributed by atoms with van der Waals surface area (Å²) in [4.78, 5) is 15.3. The average Bonchev–Trinajstić information content (AvgIpc) is 2.88. The normalized spacial score (nSPS) is 14.9. The van der Waals surface area contributed by atoms with Crippen LogP contribution in [0.2, 0.25) is 0 Å². The van der Waals surface area contributed by atoms with E-state index in [9.17, 15) is 4.79 Å². The number of hydrogen-bond donors (Lipinski definition) is 0. The van der Waals surface area contributed by atoms with Crippen molar-refractivity contribution in [3.8, 4) is 0 Å². The Balaban J connectivity index is 1.68. The van der Waals surface area contributed by atoms with E-state index in [0.29, 0.717) is 6.67 Å². The molecule has 3 aromatic rings. The lowest BCUT2D eigenvalue weighted by atomic mass is 10.0. The van der Waals surface area contributed by atoms with Crippen LogP contribution in [0.25, 0.3) is 11.0 Å². The maximum Gasteiger partial charge on any atom is 0.330 e. The number of imidazole rings is 1. The van der Waals surface area contributed by atoms with Crippen molar-refractivity contribution < 1.29 is 0 Å². The van der Waals surface area contributed by atoms with E-state index in [4.69, 9.17) is 0 Å². The van der Waals surface area contributed by atoms with Gasteiger partial charge in [-0.05, 0) is 36.1 Å². The molecular formula is C20H23N3O. The Morgan fingerprint density at radius 3 is 2.33 bits per heavy atom. The third-order valence-electron chi connectivity index (χ3n) is 4.92. The Bertz CT molecular complexity index is 922. The molecule has 0 aliphatic carbocycles. The Labute approximate surface area is 141 Å². The van der Waals surface area contributed by atoms with E-state index in [1.165, 1.54) is 11.1 Å². The van der Waals surface area contributed by atoms with E-state index in [-0.39, 0.29) is 5.69 Å². The van der Waals surface area contributed by atoms with Crippen LogP contribution in [0.15, 0.2) is 53.3 Å². The summed E-state index contributed by atoms with van der Waals surface area (Å²) in [5, 5.41) is 0. The van der Waals surface area contributed by atoms with E-state index < -0.39 is 0 Å². The molecule has 0 saturated carbocycles. The van der Waals surface area contributed by atoms with Crippen molar-refractivity contribution in [3.63, 3.8) is 0 Å². The van der Waals surface area contributed by atoms with Crippen molar-refractivity contribution in [2.45, 2.75) is 39.5 Å². The standard InChI is InChI=1S/C20H23N3O/c1-2-12-22-18-9-5-6-10-19(18)23(20(22)24)15-21-13-11-16-7-3-4-8-17(16)14-21/h3-10H,2,11-15H2,1H3. The summed E-state index contributed by atoms with van der Waals surface area (Å²) in [5.41, 5.74) is 5.01. The first-order valence-electron chi connectivity index (χ1n) is 8.75. The van der Waals surface area contributed by atoms with E-state index in [1.54, 1.807) is 0 Å². The smallest absolute Gasteiger partial charge is 0.292 e. The van der Waals surface area contributed by atoms with Crippen LogP contribution in [-0.2, 0) is 26.2 Å². The molecule has 0 spiro atoms. The van der Waals surface area contributed by atoms with Crippen LogP contribution in [0.4, 0.5) is 0 Å². The van der Waals surface area contributed by atoms with Gasteiger partial charge in [-0.1, -0.05) is 43.3 Å². The fraction of sp³-hybridized carbons (Fsp3) is 0.350. The Hall–Kier alpha value is -2.33. The highest BCUT2D eigenvalue weighted by Crippen LogP contribution is 2.20. The molecule has 2 heterocycles. The summed E-state index contributed by atoms with van der Waals surface area (Å²) in [7, 11) is 0. The van der Waals surface area contributed by atoms with Gasteiger partial charge in [-0.2, -0.15) is 0 Å². The zero-order valence-corrected chi connectivity index (χ0v) is 14.1. The van der Waals surface area contributed by atoms with Gasteiger partial charge in [0.25, 0.3) is 0 Å². The van der Waals surface area contributed by atoms with Crippen molar-refractivity contribution in [2.24, 2.45) is 0 Å². The van der Waals surface area contributed by atoms with Crippen LogP contribution < -0.4 is 5.69 Å². The molecule has 2 aromatic carbocycles. The van der Waals surface area contributed by atoms with Gasteiger partial charge in [0.15, 0.2) is 0 Å². The molecule has 4 rings (SSSR count). The van der Waals surface area contributed by atoms with Crippen molar-refractivity contribution in [2.75, 3.05) is 6.54 Å². The van der Waals surface area contributed by atoms with Crippen LogP contribution in [0, 0.1) is 0 Å². The molecule has 0 atom stereocenters. The number of nitrogens with zero attached hydrogens (tertiary/aromatic N) is 3. The van der Waals surface area contributed by atoms with Crippen LogP contribution in [-0.4, -0.2) is 20.6 Å². The third kappa shape index (κ3) is 2.57. The first kappa shape index (κ1) is 15.2. The van der Waals surface area contributed by atoms with Gasteiger partial charge in [-0.15, -0.1) is 0 Å². The summed E-state index contributed by atoms with van der Waals surface area (Å²) >= 11 is 0. The fourth-order valence-corrected chi connectivity index (χ4v) is 3.72. The molecule has 1 aliphatic heterocycles. The maximum atomic E-state index is 12.9. The fourth-order valence-electron chi connectivity index (χ4n) is 3.72. The molecule has 1 aromatic heterocycles.